The molecule has 2 heterocycles. The van der Waals surface area contributed by atoms with Crippen LogP contribution in [0.15, 0.2) is 60.8 Å². The number of nitriles is 1. The molecule has 2 aromatic carbocycles. The van der Waals surface area contributed by atoms with E-state index in [0.29, 0.717) is 27.9 Å². The zero-order valence-corrected chi connectivity index (χ0v) is 22.7. The van der Waals surface area contributed by atoms with Crippen LogP contribution in [-0.4, -0.2) is 37.1 Å². The first-order chi connectivity index (χ1) is 17.5. The molecule has 0 unspecified atom stereocenters. The van der Waals surface area contributed by atoms with Gasteiger partial charge in [-0.3, -0.25) is 4.72 Å². The number of nitrogens with zero attached hydrogens (tertiary/aromatic N) is 3. The molecule has 2 aromatic heterocycles. The van der Waals surface area contributed by atoms with Crippen molar-refractivity contribution in [2.24, 2.45) is 0 Å². The quantitative estimate of drug-likeness (QED) is 0.262. The number of benzene rings is 2. The van der Waals surface area contributed by atoms with Crippen LogP contribution >= 0.6 is 23.2 Å². The predicted molar refractivity (Wildman–Crippen MR) is 148 cm³/mol. The average Bonchev–Trinajstić information content (AvgIpc) is 2.86. The number of pyridine rings is 2. The van der Waals surface area contributed by atoms with Gasteiger partial charge < -0.3 is 4.74 Å². The first-order valence-corrected chi connectivity index (χ1v) is 14.1. The lowest BCUT2D eigenvalue weighted by molar-refractivity contribution is 0.341. The predicted octanol–water partition coefficient (Wildman–Crippen LogP) is 6.14. The molecule has 0 saturated carbocycles. The number of nitrogens with one attached hydrogen (secondary N) is 1. The van der Waals surface area contributed by atoms with Gasteiger partial charge in [0, 0.05) is 22.6 Å². The zero-order valence-electron chi connectivity index (χ0n) is 20.4. The van der Waals surface area contributed by atoms with Gasteiger partial charge in [0.2, 0.25) is 10.0 Å². The fourth-order valence-electron chi connectivity index (χ4n) is 3.99. The van der Waals surface area contributed by atoms with Gasteiger partial charge in [-0.15, -0.1) is 11.6 Å². The van der Waals surface area contributed by atoms with Crippen molar-refractivity contribution in [3.63, 3.8) is 0 Å². The van der Waals surface area contributed by atoms with Crippen molar-refractivity contribution in [2.45, 2.75) is 19.3 Å². The van der Waals surface area contributed by atoms with Crippen molar-refractivity contribution >= 4 is 50.1 Å². The lowest BCUT2D eigenvalue weighted by atomic mass is 9.77. The van der Waals surface area contributed by atoms with Crippen LogP contribution < -0.4 is 9.46 Å². The number of halogens is 2. The minimum Gasteiger partial charge on any atom is -0.489 e. The lowest BCUT2D eigenvalue weighted by Gasteiger charge is -2.27. The Labute approximate surface area is 226 Å². The van der Waals surface area contributed by atoms with Gasteiger partial charge in [0.1, 0.15) is 18.5 Å². The summed E-state index contributed by atoms with van der Waals surface area (Å²) < 4.78 is 30.9. The van der Waals surface area contributed by atoms with Crippen molar-refractivity contribution in [3.8, 4) is 22.9 Å². The van der Waals surface area contributed by atoms with Crippen LogP contribution in [0.2, 0.25) is 5.02 Å². The topological polar surface area (TPSA) is 105 Å². The molecule has 0 spiro atoms. The molecule has 37 heavy (non-hydrogen) atoms. The number of hydrogen-bond acceptors (Lipinski definition) is 6. The van der Waals surface area contributed by atoms with E-state index in [0.717, 1.165) is 33.9 Å². The largest absolute Gasteiger partial charge is 0.489 e. The Hall–Kier alpha value is -3.38. The number of sulfonamides is 1. The third-order valence-electron chi connectivity index (χ3n) is 5.98. The first-order valence-electron chi connectivity index (χ1n) is 11.3. The number of fused-ring (bicyclic) bond motifs is 1. The maximum atomic E-state index is 11.5. The second-order valence-electron chi connectivity index (χ2n) is 9.03. The molecule has 0 amide bonds. The van der Waals surface area contributed by atoms with Gasteiger partial charge in [0.05, 0.1) is 22.7 Å². The molecule has 0 radical (unpaired) electrons. The van der Waals surface area contributed by atoms with Crippen molar-refractivity contribution in [1.82, 2.24) is 9.97 Å². The summed E-state index contributed by atoms with van der Waals surface area (Å²) >= 11 is 12.2. The molecule has 0 aliphatic rings. The van der Waals surface area contributed by atoms with E-state index in [1.54, 1.807) is 24.4 Å². The summed E-state index contributed by atoms with van der Waals surface area (Å²) in [5.41, 5.74) is 4.16. The van der Waals surface area contributed by atoms with E-state index in [1.807, 2.05) is 36.4 Å². The Morgan fingerprint density at radius 1 is 1.05 bits per heavy atom. The van der Waals surface area contributed by atoms with E-state index in [1.165, 1.54) is 0 Å². The molecule has 4 aromatic rings. The number of rotatable bonds is 8. The van der Waals surface area contributed by atoms with Crippen LogP contribution in [-0.2, 0) is 15.4 Å². The van der Waals surface area contributed by atoms with Crippen LogP contribution in [0.4, 0.5) is 5.82 Å². The highest BCUT2D eigenvalue weighted by molar-refractivity contribution is 7.92. The molecule has 1 N–H and O–H groups in total. The van der Waals surface area contributed by atoms with E-state index in [4.69, 9.17) is 27.9 Å². The maximum Gasteiger partial charge on any atom is 0.230 e. The highest BCUT2D eigenvalue weighted by Crippen LogP contribution is 2.38. The SMILES string of the molecule is CC(C)(c1ccc(-c2cnc3nc(NS(C)(=O)=O)ccc3c2)cc1)c1cc(Cl)c(OCCCl)c(C#N)c1. The van der Waals surface area contributed by atoms with E-state index in [-0.39, 0.29) is 12.4 Å². The summed E-state index contributed by atoms with van der Waals surface area (Å²) in [5.74, 6) is 0.864. The zero-order chi connectivity index (χ0) is 26.8. The average molecular weight is 555 g/mol. The molecule has 0 saturated heterocycles. The smallest absolute Gasteiger partial charge is 0.230 e. The Bertz CT molecular complexity index is 1620. The van der Waals surface area contributed by atoms with E-state index < -0.39 is 15.4 Å². The van der Waals surface area contributed by atoms with E-state index in [9.17, 15) is 13.7 Å². The Kier molecular flexibility index (Phi) is 7.60. The maximum absolute atomic E-state index is 11.5. The first kappa shape index (κ1) is 26.7. The summed E-state index contributed by atoms with van der Waals surface area (Å²) in [5, 5.41) is 10.8. The summed E-state index contributed by atoms with van der Waals surface area (Å²) in [6.07, 6.45) is 2.78. The molecule has 0 aliphatic carbocycles. The molecular formula is C27H24Cl2N4O3S. The van der Waals surface area contributed by atoms with Crippen LogP contribution in [0.25, 0.3) is 22.2 Å². The molecule has 0 bridgehead atoms. The highest BCUT2D eigenvalue weighted by Gasteiger charge is 2.26. The van der Waals surface area contributed by atoms with Gasteiger partial charge in [0.15, 0.2) is 11.4 Å². The summed E-state index contributed by atoms with van der Waals surface area (Å²) in [7, 11) is -3.42. The van der Waals surface area contributed by atoms with Crippen LogP contribution in [0.5, 0.6) is 5.75 Å². The molecule has 0 atom stereocenters. The van der Waals surface area contributed by atoms with Crippen molar-refractivity contribution in [1.29, 1.82) is 5.26 Å². The van der Waals surface area contributed by atoms with Crippen LogP contribution in [0.1, 0.15) is 30.5 Å². The molecule has 0 aliphatic heterocycles. The Balaban J connectivity index is 1.62. The third-order valence-corrected chi connectivity index (χ3v) is 7.00. The molecule has 0 fully saturated rings. The number of aromatic nitrogens is 2. The number of anilines is 1. The second kappa shape index (κ2) is 10.5. The molecule has 7 nitrogen and oxygen atoms in total. The Morgan fingerprint density at radius 2 is 1.78 bits per heavy atom. The minimum atomic E-state index is -3.42. The fourth-order valence-corrected chi connectivity index (χ4v) is 4.83. The molecule has 4 rings (SSSR count). The normalized spacial score (nSPS) is 11.8. The fraction of sp³-hybridized carbons (Fsp3) is 0.222. The van der Waals surface area contributed by atoms with E-state index >= 15 is 0 Å². The van der Waals surface area contributed by atoms with Gasteiger partial charge in [-0.2, -0.15) is 5.26 Å². The van der Waals surface area contributed by atoms with Gasteiger partial charge in [-0.1, -0.05) is 49.7 Å². The lowest BCUT2D eigenvalue weighted by Crippen LogP contribution is -2.19. The molecular weight excluding hydrogens is 531 g/mol. The van der Waals surface area contributed by atoms with Crippen LogP contribution in [0.3, 0.4) is 0 Å². The van der Waals surface area contributed by atoms with Gasteiger partial charge in [-0.05, 0) is 47.0 Å². The van der Waals surface area contributed by atoms with Crippen LogP contribution in [0, 0.1) is 11.3 Å². The number of ether oxygens (including phenoxy) is 1. The second-order valence-corrected chi connectivity index (χ2v) is 11.6. The molecule has 190 valence electrons. The summed E-state index contributed by atoms with van der Waals surface area (Å²) in [4.78, 5) is 8.68. The summed E-state index contributed by atoms with van der Waals surface area (Å²) in [6, 6.07) is 19.2. The minimum absolute atomic E-state index is 0.222. The van der Waals surface area contributed by atoms with Gasteiger partial charge in [-0.25, -0.2) is 18.4 Å². The summed E-state index contributed by atoms with van der Waals surface area (Å²) in [6.45, 7) is 4.40. The van der Waals surface area contributed by atoms with Gasteiger partial charge >= 0.3 is 0 Å². The standard InChI is InChI=1S/C27H24Cl2N4O3S/c1-27(2,22-13-19(15-30)25(23(29)14-22)36-11-10-28)21-7-4-17(5-8-21)20-12-18-6-9-24(33-37(3,34)35)32-26(18)31-16-20/h4-9,12-14,16H,10-11H2,1-3H3,(H,31,32,33). The molecule has 10 heteroatoms. The van der Waals surface area contributed by atoms with Crippen molar-refractivity contribution in [3.05, 3.63) is 82.5 Å². The van der Waals surface area contributed by atoms with Gasteiger partial charge in [0.25, 0.3) is 0 Å². The van der Waals surface area contributed by atoms with Crippen molar-refractivity contribution in [2.75, 3.05) is 23.5 Å². The number of alkyl halides is 1. The number of hydrogen-bond donors (Lipinski definition) is 1. The highest BCUT2D eigenvalue weighted by atomic mass is 35.5. The van der Waals surface area contributed by atoms with Crippen molar-refractivity contribution < 1.29 is 13.2 Å². The third kappa shape index (κ3) is 5.96. The monoisotopic (exact) mass is 554 g/mol. The van der Waals surface area contributed by atoms with E-state index in [2.05, 4.69) is 34.6 Å². The Morgan fingerprint density at radius 3 is 2.43 bits per heavy atom.